The molecule has 2 fully saturated rings. The molecule has 156 valence electrons. The smallest absolute Gasteiger partial charge is 0.227 e. The molecule has 8 heteroatoms. The Kier molecular flexibility index (Phi) is 5.82. The monoisotopic (exact) mass is 397 g/mol. The minimum Gasteiger partial charge on any atom is -0.378 e. The van der Waals surface area contributed by atoms with Crippen LogP contribution in [0.1, 0.15) is 5.56 Å². The van der Waals surface area contributed by atoms with Gasteiger partial charge in [-0.2, -0.15) is 4.98 Å². The van der Waals surface area contributed by atoms with Gasteiger partial charge in [0.15, 0.2) is 0 Å². The van der Waals surface area contributed by atoms with Crippen LogP contribution >= 0.6 is 0 Å². The lowest BCUT2D eigenvalue weighted by Gasteiger charge is -2.36. The van der Waals surface area contributed by atoms with E-state index >= 15 is 0 Å². The first-order chi connectivity index (χ1) is 14.1. The molecule has 2 aliphatic rings. The van der Waals surface area contributed by atoms with Crippen LogP contribution in [0.25, 0.3) is 0 Å². The number of anilines is 3. The van der Waals surface area contributed by atoms with E-state index in [1.807, 2.05) is 24.7 Å². The quantitative estimate of drug-likeness (QED) is 0.748. The first-order valence-corrected chi connectivity index (χ1v) is 10.2. The van der Waals surface area contributed by atoms with Crippen LogP contribution in [-0.4, -0.2) is 92.5 Å². The highest BCUT2D eigenvalue weighted by molar-refractivity contribution is 5.53. The van der Waals surface area contributed by atoms with Gasteiger partial charge >= 0.3 is 0 Å². The van der Waals surface area contributed by atoms with Gasteiger partial charge in [-0.1, -0.05) is 0 Å². The Morgan fingerprint density at radius 1 is 1.00 bits per heavy atom. The highest BCUT2D eigenvalue weighted by atomic mass is 16.5. The summed E-state index contributed by atoms with van der Waals surface area (Å²) in [5.41, 5.74) is 2.49. The Hall–Kier alpha value is -2.45. The average Bonchev–Trinajstić information content (AvgIpc) is 3.19. The minimum atomic E-state index is 0.190. The van der Waals surface area contributed by atoms with Crippen LogP contribution in [0, 0.1) is 6.92 Å². The fourth-order valence-corrected chi connectivity index (χ4v) is 4.27. The lowest BCUT2D eigenvalue weighted by Crippen LogP contribution is -2.47. The molecule has 2 saturated heterocycles. The third-order valence-electron chi connectivity index (χ3n) is 6.07. The number of rotatable bonds is 5. The van der Waals surface area contributed by atoms with Gasteiger partial charge in [-0.25, -0.2) is 4.98 Å². The van der Waals surface area contributed by atoms with Crippen LogP contribution in [0.2, 0.25) is 0 Å². The fraction of sp³-hybridized carbons (Fsp3) is 0.571. The molecule has 2 aromatic heterocycles. The lowest BCUT2D eigenvalue weighted by molar-refractivity contribution is 0.0639. The second-order valence-corrected chi connectivity index (χ2v) is 8.06. The number of aryl methyl sites for hydroxylation is 1. The SMILES string of the molecule is CO[C@@H]1CN(c2ccnc(N3CCN(c4cnccc4C)CC3)n2)C[C@@H]1N(C)C. The van der Waals surface area contributed by atoms with Gasteiger partial charge in [0.05, 0.1) is 24.0 Å². The van der Waals surface area contributed by atoms with E-state index in [4.69, 9.17) is 9.72 Å². The maximum atomic E-state index is 5.70. The summed E-state index contributed by atoms with van der Waals surface area (Å²) in [7, 11) is 6.00. The molecule has 0 saturated carbocycles. The Morgan fingerprint density at radius 2 is 1.76 bits per heavy atom. The molecule has 2 atom stereocenters. The number of nitrogens with zero attached hydrogens (tertiary/aromatic N) is 7. The Morgan fingerprint density at radius 3 is 2.41 bits per heavy atom. The molecule has 4 rings (SSSR count). The predicted molar refractivity (Wildman–Crippen MR) is 116 cm³/mol. The first-order valence-electron chi connectivity index (χ1n) is 10.2. The van der Waals surface area contributed by atoms with Gasteiger partial charge in [0.25, 0.3) is 0 Å². The van der Waals surface area contributed by atoms with E-state index in [0.717, 1.165) is 51.0 Å². The van der Waals surface area contributed by atoms with Crippen molar-refractivity contribution < 1.29 is 4.74 Å². The second-order valence-electron chi connectivity index (χ2n) is 8.06. The maximum absolute atomic E-state index is 5.70. The zero-order valence-electron chi connectivity index (χ0n) is 17.8. The van der Waals surface area contributed by atoms with Gasteiger partial charge in [0.1, 0.15) is 5.82 Å². The minimum absolute atomic E-state index is 0.190. The van der Waals surface area contributed by atoms with Crippen molar-refractivity contribution in [2.24, 2.45) is 0 Å². The molecule has 0 spiro atoms. The number of pyridine rings is 1. The van der Waals surface area contributed by atoms with Gasteiger partial charge in [0.2, 0.25) is 5.95 Å². The van der Waals surface area contributed by atoms with Crippen LogP contribution < -0.4 is 14.7 Å². The Labute approximate surface area is 173 Å². The van der Waals surface area contributed by atoms with Crippen LogP contribution in [0.4, 0.5) is 17.5 Å². The third kappa shape index (κ3) is 4.13. The van der Waals surface area contributed by atoms with Crippen molar-refractivity contribution in [3.8, 4) is 0 Å². The van der Waals surface area contributed by atoms with Crippen molar-refractivity contribution in [3.63, 3.8) is 0 Å². The zero-order chi connectivity index (χ0) is 20.4. The summed E-state index contributed by atoms with van der Waals surface area (Å²) in [4.78, 5) is 22.9. The highest BCUT2D eigenvalue weighted by Crippen LogP contribution is 2.25. The summed E-state index contributed by atoms with van der Waals surface area (Å²) in [6, 6.07) is 4.44. The van der Waals surface area contributed by atoms with Crippen molar-refractivity contribution in [2.45, 2.75) is 19.1 Å². The molecule has 0 aromatic carbocycles. The number of methoxy groups -OCH3 is 1. The average molecular weight is 398 g/mol. The number of hydrogen-bond acceptors (Lipinski definition) is 8. The molecular weight excluding hydrogens is 366 g/mol. The highest BCUT2D eigenvalue weighted by Gasteiger charge is 2.35. The Bertz CT molecular complexity index is 822. The number of hydrogen-bond donors (Lipinski definition) is 0. The lowest BCUT2D eigenvalue weighted by atomic mass is 10.2. The van der Waals surface area contributed by atoms with Crippen LogP contribution in [0.15, 0.2) is 30.7 Å². The molecule has 2 aliphatic heterocycles. The normalized spacial score (nSPS) is 22.6. The maximum Gasteiger partial charge on any atom is 0.227 e. The fourth-order valence-electron chi connectivity index (χ4n) is 4.27. The zero-order valence-corrected chi connectivity index (χ0v) is 17.8. The summed E-state index contributed by atoms with van der Waals surface area (Å²) in [5.74, 6) is 1.79. The first kappa shape index (κ1) is 19.8. The number of likely N-dealkylation sites (N-methyl/N-ethyl adjacent to an activating group) is 1. The summed E-state index contributed by atoms with van der Waals surface area (Å²) in [5, 5.41) is 0. The van der Waals surface area contributed by atoms with Gasteiger partial charge in [-0.15, -0.1) is 0 Å². The van der Waals surface area contributed by atoms with Gasteiger partial charge in [0, 0.05) is 58.8 Å². The van der Waals surface area contributed by atoms with Crippen molar-refractivity contribution >= 4 is 17.5 Å². The Balaban J connectivity index is 1.43. The molecule has 0 N–H and O–H groups in total. The molecule has 29 heavy (non-hydrogen) atoms. The number of aromatic nitrogens is 3. The van der Waals surface area contributed by atoms with E-state index in [-0.39, 0.29) is 6.10 Å². The van der Waals surface area contributed by atoms with E-state index in [0.29, 0.717) is 6.04 Å². The van der Waals surface area contributed by atoms with E-state index in [1.165, 1.54) is 11.3 Å². The van der Waals surface area contributed by atoms with E-state index in [1.54, 1.807) is 7.11 Å². The van der Waals surface area contributed by atoms with E-state index < -0.39 is 0 Å². The van der Waals surface area contributed by atoms with Gasteiger partial charge < -0.3 is 24.3 Å². The van der Waals surface area contributed by atoms with Crippen molar-refractivity contribution in [1.82, 2.24) is 19.9 Å². The van der Waals surface area contributed by atoms with E-state index in [9.17, 15) is 0 Å². The molecule has 0 amide bonds. The molecule has 0 bridgehead atoms. The van der Waals surface area contributed by atoms with Crippen molar-refractivity contribution in [3.05, 3.63) is 36.3 Å². The van der Waals surface area contributed by atoms with Crippen LogP contribution in [0.5, 0.6) is 0 Å². The molecule has 0 radical (unpaired) electrons. The van der Waals surface area contributed by atoms with Gasteiger partial charge in [-0.05, 0) is 38.7 Å². The second kappa shape index (κ2) is 8.51. The molecular formula is C21H31N7O. The van der Waals surface area contributed by atoms with Gasteiger partial charge in [-0.3, -0.25) is 4.98 Å². The molecule has 8 nitrogen and oxygen atoms in total. The van der Waals surface area contributed by atoms with Crippen molar-refractivity contribution in [2.75, 3.05) is 75.2 Å². The molecule has 2 aromatic rings. The predicted octanol–water partition coefficient (Wildman–Crippen LogP) is 1.27. The summed E-state index contributed by atoms with van der Waals surface area (Å²) >= 11 is 0. The van der Waals surface area contributed by atoms with Crippen LogP contribution in [-0.2, 0) is 4.74 Å². The van der Waals surface area contributed by atoms with E-state index in [2.05, 4.69) is 56.7 Å². The van der Waals surface area contributed by atoms with Crippen molar-refractivity contribution in [1.29, 1.82) is 0 Å². The standard InChI is InChI=1S/C21H31N7O/c1-16-5-7-22-13-17(16)26-9-11-27(12-10-26)21-23-8-6-20(24-21)28-14-18(25(2)3)19(15-28)29-4/h5-8,13,18-19H,9-12,14-15H2,1-4H3/t18-,19+/m0/s1. The van der Waals surface area contributed by atoms with Crippen LogP contribution in [0.3, 0.4) is 0 Å². The molecule has 4 heterocycles. The molecule has 0 unspecified atom stereocenters. The molecule has 0 aliphatic carbocycles. The summed E-state index contributed by atoms with van der Waals surface area (Å²) in [6.07, 6.45) is 5.87. The third-order valence-corrected chi connectivity index (χ3v) is 6.07. The summed E-state index contributed by atoms with van der Waals surface area (Å²) in [6.45, 7) is 7.59. The number of piperazine rings is 1. The largest absolute Gasteiger partial charge is 0.378 e. The number of ether oxygens (including phenoxy) is 1. The summed E-state index contributed by atoms with van der Waals surface area (Å²) < 4.78 is 5.70. The topological polar surface area (TPSA) is 60.9 Å².